The van der Waals surface area contributed by atoms with E-state index in [1.165, 1.54) is 23.8 Å². The quantitative estimate of drug-likeness (QED) is 0.275. The molecule has 2 aromatic carbocycles. The minimum absolute atomic E-state index is 0.364. The zero-order chi connectivity index (χ0) is 19.1. The highest BCUT2D eigenvalue weighted by Crippen LogP contribution is 2.29. The Morgan fingerprint density at radius 1 is 1.04 bits per heavy atom. The number of carbonyl (C=O) groups excluding carboxylic acids is 1. The van der Waals surface area contributed by atoms with Crippen LogP contribution in [0.5, 0.6) is 5.75 Å². The maximum atomic E-state index is 11.5. The molecule has 0 N–H and O–H groups in total. The lowest BCUT2D eigenvalue weighted by Gasteiger charge is -2.05. The Bertz CT molecular complexity index is 908. The molecule has 27 heavy (non-hydrogen) atoms. The van der Waals surface area contributed by atoms with Gasteiger partial charge < -0.3 is 4.74 Å². The molecule has 0 atom stereocenters. The van der Waals surface area contributed by atoms with Crippen LogP contribution < -0.4 is 4.74 Å². The zero-order valence-electron chi connectivity index (χ0n) is 15.6. The number of esters is 1. The minimum atomic E-state index is -0.364. The molecule has 0 aliphatic carbocycles. The number of hydrogen-bond donors (Lipinski definition) is 0. The van der Waals surface area contributed by atoms with E-state index in [4.69, 9.17) is 4.74 Å². The van der Waals surface area contributed by atoms with E-state index >= 15 is 0 Å². The second kappa shape index (κ2) is 9.28. The molecule has 1 heterocycles. The van der Waals surface area contributed by atoms with Gasteiger partial charge in [-0.1, -0.05) is 55.8 Å². The van der Waals surface area contributed by atoms with Crippen LogP contribution in [-0.4, -0.2) is 11.0 Å². The number of nitrogens with zero attached hydrogens (tertiary/aromatic N) is 1. The van der Waals surface area contributed by atoms with E-state index in [1.54, 1.807) is 24.3 Å². The maximum absolute atomic E-state index is 11.5. The standard InChI is InChI=1S/C23H23NO2S/c1-3-5-7-21-16-24-23(27-21)19-10-8-17(9-11-19)18-12-14-20(15-13-18)26-22(25)6-4-2/h4,6,8-16H,3,5,7H2,1-2H3/b6-4+. The maximum Gasteiger partial charge on any atom is 0.335 e. The molecule has 0 saturated carbocycles. The SMILES string of the molecule is C/C=C/C(=O)Oc1ccc(-c2ccc(-c3ncc(CCCC)s3)cc2)cc1. The van der Waals surface area contributed by atoms with Crippen LogP contribution in [0.2, 0.25) is 0 Å². The molecule has 3 aromatic rings. The van der Waals surface area contributed by atoms with Crippen LogP contribution in [0.4, 0.5) is 0 Å². The van der Waals surface area contributed by atoms with E-state index in [0.29, 0.717) is 5.75 Å². The minimum Gasteiger partial charge on any atom is -0.423 e. The number of hydrogen-bond acceptors (Lipinski definition) is 4. The topological polar surface area (TPSA) is 39.2 Å². The fourth-order valence-corrected chi connectivity index (χ4v) is 3.67. The molecule has 3 rings (SSSR count). The van der Waals surface area contributed by atoms with Crippen LogP contribution in [0.1, 0.15) is 31.6 Å². The number of benzene rings is 2. The van der Waals surface area contributed by atoms with Crippen molar-refractivity contribution in [2.24, 2.45) is 0 Å². The highest BCUT2D eigenvalue weighted by atomic mass is 32.1. The Labute approximate surface area is 164 Å². The summed E-state index contributed by atoms with van der Waals surface area (Å²) in [7, 11) is 0. The van der Waals surface area contributed by atoms with Gasteiger partial charge in [-0.15, -0.1) is 11.3 Å². The van der Waals surface area contributed by atoms with Gasteiger partial charge in [0.05, 0.1) is 0 Å². The third-order valence-electron chi connectivity index (χ3n) is 4.17. The lowest BCUT2D eigenvalue weighted by Crippen LogP contribution is -2.03. The smallest absolute Gasteiger partial charge is 0.335 e. The number of thiazole rings is 1. The van der Waals surface area contributed by atoms with Gasteiger partial charge in [0, 0.05) is 22.7 Å². The van der Waals surface area contributed by atoms with E-state index < -0.39 is 0 Å². The fraction of sp³-hybridized carbons (Fsp3) is 0.217. The summed E-state index contributed by atoms with van der Waals surface area (Å²) in [6.07, 6.45) is 8.58. The third kappa shape index (κ3) is 5.14. The Morgan fingerprint density at radius 2 is 1.67 bits per heavy atom. The number of aryl methyl sites for hydroxylation is 1. The van der Waals surface area contributed by atoms with E-state index in [1.807, 2.05) is 30.5 Å². The monoisotopic (exact) mass is 377 g/mol. The van der Waals surface area contributed by atoms with Gasteiger partial charge in [-0.05, 0) is 43.0 Å². The lowest BCUT2D eigenvalue weighted by molar-refractivity contribution is -0.129. The van der Waals surface area contributed by atoms with Gasteiger partial charge >= 0.3 is 5.97 Å². The van der Waals surface area contributed by atoms with Gasteiger partial charge in [0.2, 0.25) is 0 Å². The second-order valence-electron chi connectivity index (χ2n) is 6.26. The fourth-order valence-electron chi connectivity index (χ4n) is 2.71. The van der Waals surface area contributed by atoms with Crippen LogP contribution in [0.15, 0.2) is 66.9 Å². The van der Waals surface area contributed by atoms with Gasteiger partial charge in [0.25, 0.3) is 0 Å². The first kappa shape index (κ1) is 19.1. The van der Waals surface area contributed by atoms with Gasteiger partial charge in [0.15, 0.2) is 0 Å². The van der Waals surface area contributed by atoms with Crippen molar-refractivity contribution in [1.29, 1.82) is 0 Å². The number of unbranched alkanes of at least 4 members (excludes halogenated alkanes) is 1. The molecular formula is C23H23NO2S. The van der Waals surface area contributed by atoms with E-state index in [9.17, 15) is 4.79 Å². The van der Waals surface area contributed by atoms with Crippen LogP contribution in [0.25, 0.3) is 21.7 Å². The molecule has 138 valence electrons. The average molecular weight is 378 g/mol. The summed E-state index contributed by atoms with van der Waals surface area (Å²) >= 11 is 1.77. The first-order chi connectivity index (χ1) is 13.2. The second-order valence-corrected chi connectivity index (χ2v) is 7.37. The predicted octanol–water partition coefficient (Wildman–Crippen LogP) is 6.30. The van der Waals surface area contributed by atoms with Crippen molar-refractivity contribution in [3.63, 3.8) is 0 Å². The number of carbonyl (C=O) groups is 1. The number of rotatable bonds is 7. The number of allylic oxidation sites excluding steroid dienone is 1. The molecule has 0 saturated heterocycles. The Morgan fingerprint density at radius 3 is 2.30 bits per heavy atom. The normalized spacial score (nSPS) is 11.0. The highest BCUT2D eigenvalue weighted by molar-refractivity contribution is 7.15. The van der Waals surface area contributed by atoms with Crippen molar-refractivity contribution in [3.05, 3.63) is 71.8 Å². The highest BCUT2D eigenvalue weighted by Gasteiger charge is 2.06. The number of ether oxygens (including phenoxy) is 1. The third-order valence-corrected chi connectivity index (χ3v) is 5.28. The molecule has 1 aromatic heterocycles. The summed E-state index contributed by atoms with van der Waals surface area (Å²) in [6, 6.07) is 16.0. The van der Waals surface area contributed by atoms with Crippen LogP contribution in [-0.2, 0) is 11.2 Å². The van der Waals surface area contributed by atoms with Crippen LogP contribution in [0.3, 0.4) is 0 Å². The van der Waals surface area contributed by atoms with E-state index in [2.05, 4.69) is 36.2 Å². The molecule has 0 fully saturated rings. The molecule has 0 bridgehead atoms. The van der Waals surface area contributed by atoms with Crippen molar-refractivity contribution in [2.45, 2.75) is 33.1 Å². The first-order valence-electron chi connectivity index (χ1n) is 9.19. The molecule has 4 heteroatoms. The number of aromatic nitrogens is 1. The Balaban J connectivity index is 1.69. The molecular weight excluding hydrogens is 354 g/mol. The van der Waals surface area contributed by atoms with Gasteiger partial charge in [-0.2, -0.15) is 0 Å². The van der Waals surface area contributed by atoms with Crippen molar-refractivity contribution < 1.29 is 9.53 Å². The van der Waals surface area contributed by atoms with Gasteiger partial charge in [-0.3, -0.25) is 0 Å². The molecule has 0 aliphatic rings. The molecule has 0 aliphatic heterocycles. The van der Waals surface area contributed by atoms with Crippen LogP contribution >= 0.6 is 11.3 Å². The molecule has 0 unspecified atom stereocenters. The molecule has 0 spiro atoms. The summed E-state index contributed by atoms with van der Waals surface area (Å²) < 4.78 is 5.22. The van der Waals surface area contributed by atoms with E-state index in [0.717, 1.165) is 28.1 Å². The summed E-state index contributed by atoms with van der Waals surface area (Å²) in [5.74, 6) is 0.178. The molecule has 0 radical (unpaired) electrons. The van der Waals surface area contributed by atoms with Crippen molar-refractivity contribution in [3.8, 4) is 27.4 Å². The van der Waals surface area contributed by atoms with Crippen LogP contribution in [0, 0.1) is 0 Å². The summed E-state index contributed by atoms with van der Waals surface area (Å²) in [5, 5.41) is 1.07. The first-order valence-corrected chi connectivity index (χ1v) is 10.0. The molecule has 3 nitrogen and oxygen atoms in total. The Kier molecular flexibility index (Phi) is 6.55. The van der Waals surface area contributed by atoms with Crippen molar-refractivity contribution >= 4 is 17.3 Å². The summed E-state index contributed by atoms with van der Waals surface area (Å²) in [4.78, 5) is 17.4. The predicted molar refractivity (Wildman–Crippen MR) is 112 cm³/mol. The molecule has 0 amide bonds. The summed E-state index contributed by atoms with van der Waals surface area (Å²) in [5.41, 5.74) is 3.34. The average Bonchev–Trinajstić information content (AvgIpc) is 3.16. The zero-order valence-corrected chi connectivity index (χ0v) is 16.5. The Hall–Kier alpha value is -2.72. The lowest BCUT2D eigenvalue weighted by atomic mass is 10.0. The van der Waals surface area contributed by atoms with E-state index in [-0.39, 0.29) is 5.97 Å². The van der Waals surface area contributed by atoms with Gasteiger partial charge in [-0.25, -0.2) is 9.78 Å². The van der Waals surface area contributed by atoms with Crippen molar-refractivity contribution in [2.75, 3.05) is 0 Å². The largest absolute Gasteiger partial charge is 0.423 e. The van der Waals surface area contributed by atoms with Gasteiger partial charge in [0.1, 0.15) is 10.8 Å². The summed E-state index contributed by atoms with van der Waals surface area (Å²) in [6.45, 7) is 3.99. The van der Waals surface area contributed by atoms with Crippen molar-refractivity contribution in [1.82, 2.24) is 4.98 Å².